The Morgan fingerprint density at radius 3 is 2.70 bits per heavy atom. The summed E-state index contributed by atoms with van der Waals surface area (Å²) in [5, 5.41) is 0. The lowest BCUT2D eigenvalue weighted by atomic mass is 10.0. The highest BCUT2D eigenvalue weighted by atomic mass is 16.1. The topological polar surface area (TPSA) is 69.1 Å². The molecule has 1 aliphatic carbocycles. The second-order valence-corrected chi connectivity index (χ2v) is 2.31. The normalized spacial score (nSPS) is 18.3. The molecule has 0 bridgehead atoms. The van der Waals surface area contributed by atoms with E-state index in [2.05, 4.69) is 0 Å². The van der Waals surface area contributed by atoms with E-state index in [9.17, 15) is 4.79 Å². The van der Waals surface area contributed by atoms with Crippen molar-refractivity contribution in [1.29, 1.82) is 0 Å². The number of ketones is 1. The molecule has 0 atom stereocenters. The van der Waals surface area contributed by atoms with Crippen LogP contribution in [0.1, 0.15) is 6.42 Å². The summed E-state index contributed by atoms with van der Waals surface area (Å²) >= 11 is 0. The highest BCUT2D eigenvalue weighted by molar-refractivity contribution is 6.01. The molecule has 0 unspecified atom stereocenters. The Hall–Kier alpha value is -1.09. The minimum atomic E-state index is -0.0517. The van der Waals surface area contributed by atoms with Crippen LogP contribution in [0.4, 0.5) is 0 Å². The van der Waals surface area contributed by atoms with Crippen LogP contribution in [0.25, 0.3) is 0 Å². The van der Waals surface area contributed by atoms with Crippen molar-refractivity contribution in [2.75, 3.05) is 6.54 Å². The number of hydrogen-bond acceptors (Lipinski definition) is 3. The van der Waals surface area contributed by atoms with Crippen molar-refractivity contribution in [3.63, 3.8) is 0 Å². The molecule has 4 N–H and O–H groups in total. The SMILES string of the molecule is NCC1=CC(=O)C=C(N)C1. The summed E-state index contributed by atoms with van der Waals surface area (Å²) in [5.41, 5.74) is 12.3. The van der Waals surface area contributed by atoms with Gasteiger partial charge in [0.1, 0.15) is 0 Å². The maximum atomic E-state index is 10.8. The molecule has 0 aromatic rings. The molecule has 0 heterocycles. The van der Waals surface area contributed by atoms with Crippen molar-refractivity contribution >= 4 is 5.78 Å². The monoisotopic (exact) mass is 138 g/mol. The van der Waals surface area contributed by atoms with Crippen LogP contribution >= 0.6 is 0 Å². The second kappa shape index (κ2) is 2.66. The summed E-state index contributed by atoms with van der Waals surface area (Å²) in [6.07, 6.45) is 3.61. The van der Waals surface area contributed by atoms with Crippen molar-refractivity contribution in [2.45, 2.75) is 6.42 Å². The van der Waals surface area contributed by atoms with Crippen molar-refractivity contribution in [3.05, 3.63) is 23.4 Å². The van der Waals surface area contributed by atoms with Crippen LogP contribution in [0.2, 0.25) is 0 Å². The molecule has 54 valence electrons. The van der Waals surface area contributed by atoms with Crippen LogP contribution in [0.15, 0.2) is 23.4 Å². The van der Waals surface area contributed by atoms with E-state index in [1.807, 2.05) is 0 Å². The average Bonchev–Trinajstić information content (AvgIpc) is 1.85. The Balaban J connectivity index is 2.75. The average molecular weight is 138 g/mol. The lowest BCUT2D eigenvalue weighted by Gasteiger charge is -2.08. The van der Waals surface area contributed by atoms with Crippen LogP contribution in [0, 0.1) is 0 Å². The minimum absolute atomic E-state index is 0.0517. The molecule has 0 saturated heterocycles. The molecular formula is C7H10N2O. The molecular weight excluding hydrogens is 128 g/mol. The van der Waals surface area contributed by atoms with Gasteiger partial charge in [0.2, 0.25) is 0 Å². The molecule has 0 aliphatic heterocycles. The number of rotatable bonds is 1. The van der Waals surface area contributed by atoms with Gasteiger partial charge in [-0.15, -0.1) is 0 Å². The lowest BCUT2D eigenvalue weighted by Crippen LogP contribution is -2.13. The molecule has 0 fully saturated rings. The van der Waals surface area contributed by atoms with Crippen molar-refractivity contribution in [2.24, 2.45) is 11.5 Å². The van der Waals surface area contributed by atoms with Crippen molar-refractivity contribution in [3.8, 4) is 0 Å². The number of nitrogens with two attached hydrogens (primary N) is 2. The molecule has 0 saturated carbocycles. The van der Waals surface area contributed by atoms with Crippen LogP contribution in [-0.2, 0) is 4.79 Å². The van der Waals surface area contributed by atoms with E-state index in [1.54, 1.807) is 0 Å². The third-order valence-electron chi connectivity index (χ3n) is 1.37. The number of hydrogen-bond donors (Lipinski definition) is 2. The van der Waals surface area contributed by atoms with Gasteiger partial charge in [-0.05, 0) is 11.6 Å². The third kappa shape index (κ3) is 1.45. The highest BCUT2D eigenvalue weighted by Gasteiger charge is 2.06. The quantitative estimate of drug-likeness (QED) is 0.522. The first-order chi connectivity index (χ1) is 4.72. The Morgan fingerprint density at radius 1 is 1.50 bits per heavy atom. The van der Waals surface area contributed by atoms with Crippen molar-refractivity contribution < 1.29 is 4.79 Å². The number of allylic oxidation sites excluding steroid dienone is 3. The van der Waals surface area contributed by atoms with Gasteiger partial charge in [0, 0.05) is 24.7 Å². The Labute approximate surface area is 59.4 Å². The molecule has 0 radical (unpaired) electrons. The zero-order chi connectivity index (χ0) is 7.56. The van der Waals surface area contributed by atoms with Gasteiger partial charge >= 0.3 is 0 Å². The summed E-state index contributed by atoms with van der Waals surface area (Å²) in [5.74, 6) is -0.0517. The highest BCUT2D eigenvalue weighted by Crippen LogP contribution is 2.10. The van der Waals surface area contributed by atoms with E-state index in [1.165, 1.54) is 12.2 Å². The fourth-order valence-corrected chi connectivity index (χ4v) is 0.921. The van der Waals surface area contributed by atoms with Gasteiger partial charge in [-0.3, -0.25) is 4.79 Å². The Bertz CT molecular complexity index is 216. The number of carbonyl (C=O) groups is 1. The maximum absolute atomic E-state index is 10.8. The minimum Gasteiger partial charge on any atom is -0.402 e. The van der Waals surface area contributed by atoms with Gasteiger partial charge in [-0.25, -0.2) is 0 Å². The first-order valence-electron chi connectivity index (χ1n) is 3.12. The van der Waals surface area contributed by atoms with E-state index in [0.29, 0.717) is 18.7 Å². The first-order valence-corrected chi connectivity index (χ1v) is 3.12. The molecule has 10 heavy (non-hydrogen) atoms. The molecule has 3 heteroatoms. The summed E-state index contributed by atoms with van der Waals surface area (Å²) in [6, 6.07) is 0. The first kappa shape index (κ1) is 7.02. The fourth-order valence-electron chi connectivity index (χ4n) is 0.921. The van der Waals surface area contributed by atoms with Crippen LogP contribution in [-0.4, -0.2) is 12.3 Å². The van der Waals surface area contributed by atoms with Gasteiger partial charge in [0.05, 0.1) is 0 Å². The predicted molar refractivity (Wildman–Crippen MR) is 39.0 cm³/mol. The van der Waals surface area contributed by atoms with E-state index in [-0.39, 0.29) is 5.78 Å². The molecule has 1 rings (SSSR count). The zero-order valence-electron chi connectivity index (χ0n) is 5.63. The van der Waals surface area contributed by atoms with E-state index in [4.69, 9.17) is 11.5 Å². The van der Waals surface area contributed by atoms with Gasteiger partial charge < -0.3 is 11.5 Å². The summed E-state index contributed by atoms with van der Waals surface area (Å²) in [7, 11) is 0. The fraction of sp³-hybridized carbons (Fsp3) is 0.286. The van der Waals surface area contributed by atoms with Gasteiger partial charge in [-0.2, -0.15) is 0 Å². The molecule has 3 nitrogen and oxygen atoms in total. The Morgan fingerprint density at radius 2 is 2.20 bits per heavy atom. The molecule has 1 aliphatic rings. The maximum Gasteiger partial charge on any atom is 0.180 e. The Kier molecular flexibility index (Phi) is 1.87. The molecule has 0 amide bonds. The van der Waals surface area contributed by atoms with Gasteiger partial charge in [-0.1, -0.05) is 0 Å². The molecule has 0 aromatic carbocycles. The molecule has 0 aromatic heterocycles. The van der Waals surface area contributed by atoms with Crippen LogP contribution in [0.5, 0.6) is 0 Å². The third-order valence-corrected chi connectivity index (χ3v) is 1.37. The standard InChI is InChI=1S/C7H10N2O/c8-4-5-1-6(9)3-7(10)2-5/h2-3H,1,4,8-9H2. The predicted octanol–water partition coefficient (Wildman–Crippen LogP) is -0.313. The smallest absolute Gasteiger partial charge is 0.180 e. The number of carbonyl (C=O) groups excluding carboxylic acids is 1. The van der Waals surface area contributed by atoms with E-state index >= 15 is 0 Å². The van der Waals surface area contributed by atoms with E-state index < -0.39 is 0 Å². The summed E-state index contributed by atoms with van der Waals surface area (Å²) in [4.78, 5) is 10.8. The summed E-state index contributed by atoms with van der Waals surface area (Å²) < 4.78 is 0. The second-order valence-electron chi connectivity index (χ2n) is 2.31. The lowest BCUT2D eigenvalue weighted by molar-refractivity contribution is -0.110. The van der Waals surface area contributed by atoms with Gasteiger partial charge in [0.25, 0.3) is 0 Å². The zero-order valence-corrected chi connectivity index (χ0v) is 5.63. The van der Waals surface area contributed by atoms with E-state index in [0.717, 1.165) is 5.57 Å². The van der Waals surface area contributed by atoms with Crippen LogP contribution in [0.3, 0.4) is 0 Å². The largest absolute Gasteiger partial charge is 0.402 e. The van der Waals surface area contributed by atoms with Crippen molar-refractivity contribution in [1.82, 2.24) is 0 Å². The molecule has 0 spiro atoms. The van der Waals surface area contributed by atoms with Crippen LogP contribution < -0.4 is 11.5 Å². The summed E-state index contributed by atoms with van der Waals surface area (Å²) in [6.45, 7) is 0.417. The van der Waals surface area contributed by atoms with Gasteiger partial charge in [0.15, 0.2) is 5.78 Å².